The third-order valence-corrected chi connectivity index (χ3v) is 2.76. The largest absolute Gasteiger partial charge is 0.494 e. The van der Waals surface area contributed by atoms with Gasteiger partial charge in [0, 0.05) is 16.1 Å². The van der Waals surface area contributed by atoms with Gasteiger partial charge < -0.3 is 10.5 Å². The molecule has 0 heterocycles. The van der Waals surface area contributed by atoms with Crippen LogP contribution in [0.15, 0.2) is 22.7 Å². The lowest BCUT2D eigenvalue weighted by atomic mass is 10.0. The molecule has 0 saturated carbocycles. The minimum atomic E-state index is 0.0639. The molecule has 3 heteroatoms. The van der Waals surface area contributed by atoms with E-state index in [1.165, 1.54) is 0 Å². The third-order valence-electron chi connectivity index (χ3n) is 2.27. The van der Waals surface area contributed by atoms with E-state index in [1.807, 2.05) is 25.1 Å². The van der Waals surface area contributed by atoms with Crippen LogP contribution in [0.25, 0.3) is 0 Å². The molecule has 0 amide bonds. The van der Waals surface area contributed by atoms with Crippen molar-refractivity contribution in [2.45, 2.75) is 32.7 Å². The van der Waals surface area contributed by atoms with Gasteiger partial charge in [-0.25, -0.2) is 0 Å². The highest BCUT2D eigenvalue weighted by atomic mass is 79.9. The molecule has 1 atom stereocenters. The molecule has 1 aromatic carbocycles. The molecule has 0 unspecified atom stereocenters. The van der Waals surface area contributed by atoms with E-state index in [0.29, 0.717) is 6.61 Å². The van der Waals surface area contributed by atoms with Gasteiger partial charge in [0.25, 0.3) is 0 Å². The Hall–Kier alpha value is -0.540. The lowest BCUT2D eigenvalue weighted by molar-refractivity contribution is 0.333. The Morgan fingerprint density at radius 3 is 2.73 bits per heavy atom. The Morgan fingerprint density at radius 1 is 1.40 bits per heavy atom. The Balaban J connectivity index is 2.95. The molecule has 0 bridgehead atoms. The smallest absolute Gasteiger partial charge is 0.124 e. The molecule has 2 nitrogen and oxygen atoms in total. The summed E-state index contributed by atoms with van der Waals surface area (Å²) in [6, 6.07) is 6.06. The second-order valence-electron chi connectivity index (χ2n) is 3.51. The molecule has 0 aliphatic rings. The van der Waals surface area contributed by atoms with E-state index >= 15 is 0 Å². The van der Waals surface area contributed by atoms with Crippen molar-refractivity contribution in [2.75, 3.05) is 6.61 Å². The summed E-state index contributed by atoms with van der Waals surface area (Å²) in [5.74, 6) is 0.904. The fourth-order valence-corrected chi connectivity index (χ4v) is 1.94. The first-order valence-electron chi connectivity index (χ1n) is 5.36. The van der Waals surface area contributed by atoms with Gasteiger partial charge >= 0.3 is 0 Å². The summed E-state index contributed by atoms with van der Waals surface area (Å²) < 4.78 is 6.61. The molecule has 1 aromatic rings. The van der Waals surface area contributed by atoms with E-state index in [-0.39, 0.29) is 6.04 Å². The SMILES string of the molecule is CCC[C@@H](N)c1cc(Br)ccc1OCC. The average Bonchev–Trinajstić information content (AvgIpc) is 2.21. The molecule has 84 valence electrons. The zero-order valence-electron chi connectivity index (χ0n) is 9.29. The molecule has 15 heavy (non-hydrogen) atoms. The van der Waals surface area contributed by atoms with Crippen LogP contribution in [0.5, 0.6) is 5.75 Å². The van der Waals surface area contributed by atoms with Crippen LogP contribution in [0.1, 0.15) is 38.3 Å². The summed E-state index contributed by atoms with van der Waals surface area (Å²) in [5, 5.41) is 0. The van der Waals surface area contributed by atoms with E-state index in [0.717, 1.165) is 28.6 Å². The molecule has 0 aliphatic carbocycles. The molecule has 0 aromatic heterocycles. The van der Waals surface area contributed by atoms with E-state index < -0.39 is 0 Å². The quantitative estimate of drug-likeness (QED) is 0.888. The van der Waals surface area contributed by atoms with Crippen molar-refractivity contribution < 1.29 is 4.74 Å². The van der Waals surface area contributed by atoms with Crippen molar-refractivity contribution in [3.8, 4) is 5.75 Å². The molecule has 0 aliphatic heterocycles. The maximum Gasteiger partial charge on any atom is 0.124 e. The molecule has 0 saturated heterocycles. The van der Waals surface area contributed by atoms with Crippen molar-refractivity contribution in [3.63, 3.8) is 0 Å². The van der Waals surface area contributed by atoms with Gasteiger partial charge in [0.05, 0.1) is 6.61 Å². The van der Waals surface area contributed by atoms with Gasteiger partial charge in [-0.05, 0) is 31.5 Å². The number of rotatable bonds is 5. The van der Waals surface area contributed by atoms with Crippen molar-refractivity contribution in [3.05, 3.63) is 28.2 Å². The minimum absolute atomic E-state index is 0.0639. The third kappa shape index (κ3) is 3.50. The van der Waals surface area contributed by atoms with Crippen LogP contribution < -0.4 is 10.5 Å². The zero-order chi connectivity index (χ0) is 11.3. The van der Waals surface area contributed by atoms with E-state index in [1.54, 1.807) is 0 Å². The summed E-state index contributed by atoms with van der Waals surface area (Å²) in [6.45, 7) is 4.79. The second-order valence-corrected chi connectivity index (χ2v) is 4.43. The van der Waals surface area contributed by atoms with Crippen LogP contribution in [0, 0.1) is 0 Å². The lowest BCUT2D eigenvalue weighted by Crippen LogP contribution is -2.11. The van der Waals surface area contributed by atoms with Crippen LogP contribution in [0.3, 0.4) is 0 Å². The highest BCUT2D eigenvalue weighted by Gasteiger charge is 2.11. The van der Waals surface area contributed by atoms with Crippen LogP contribution in [-0.2, 0) is 0 Å². The number of nitrogens with two attached hydrogens (primary N) is 1. The van der Waals surface area contributed by atoms with Gasteiger partial charge in [-0.15, -0.1) is 0 Å². The molecular weight excluding hydrogens is 254 g/mol. The van der Waals surface area contributed by atoms with E-state index in [2.05, 4.69) is 22.9 Å². The molecule has 0 radical (unpaired) electrons. The zero-order valence-corrected chi connectivity index (χ0v) is 10.9. The fourth-order valence-electron chi connectivity index (χ4n) is 1.56. The van der Waals surface area contributed by atoms with Gasteiger partial charge in [0.2, 0.25) is 0 Å². The Bertz CT molecular complexity index is 314. The summed E-state index contributed by atoms with van der Waals surface area (Å²) in [4.78, 5) is 0. The average molecular weight is 272 g/mol. The van der Waals surface area contributed by atoms with Crippen LogP contribution >= 0.6 is 15.9 Å². The number of benzene rings is 1. The van der Waals surface area contributed by atoms with Crippen molar-refractivity contribution in [1.82, 2.24) is 0 Å². The Labute approximate surface area is 99.9 Å². The fraction of sp³-hybridized carbons (Fsp3) is 0.500. The normalized spacial score (nSPS) is 12.5. The maximum atomic E-state index is 6.10. The Kier molecular flexibility index (Phi) is 5.12. The van der Waals surface area contributed by atoms with Crippen molar-refractivity contribution >= 4 is 15.9 Å². The summed E-state index contributed by atoms with van der Waals surface area (Å²) >= 11 is 3.46. The molecule has 1 rings (SSSR count). The van der Waals surface area contributed by atoms with Gasteiger partial charge in [-0.3, -0.25) is 0 Å². The first-order chi connectivity index (χ1) is 7.19. The predicted molar refractivity (Wildman–Crippen MR) is 67.1 cm³/mol. The molecule has 0 spiro atoms. The van der Waals surface area contributed by atoms with Crippen molar-refractivity contribution in [1.29, 1.82) is 0 Å². The summed E-state index contributed by atoms with van der Waals surface area (Å²) in [7, 11) is 0. The highest BCUT2D eigenvalue weighted by molar-refractivity contribution is 9.10. The first-order valence-corrected chi connectivity index (χ1v) is 6.16. The lowest BCUT2D eigenvalue weighted by Gasteiger charge is -2.16. The minimum Gasteiger partial charge on any atom is -0.494 e. The second kappa shape index (κ2) is 6.13. The summed E-state index contributed by atoms with van der Waals surface area (Å²) in [5.41, 5.74) is 7.20. The number of hydrogen-bond acceptors (Lipinski definition) is 2. The van der Waals surface area contributed by atoms with Crippen molar-refractivity contribution in [2.24, 2.45) is 5.73 Å². The van der Waals surface area contributed by atoms with E-state index in [4.69, 9.17) is 10.5 Å². The topological polar surface area (TPSA) is 35.2 Å². The van der Waals surface area contributed by atoms with Gasteiger partial charge in [0.15, 0.2) is 0 Å². The number of ether oxygens (including phenoxy) is 1. The first kappa shape index (κ1) is 12.5. The molecule has 0 fully saturated rings. The van der Waals surface area contributed by atoms with Gasteiger partial charge in [-0.2, -0.15) is 0 Å². The number of hydrogen-bond donors (Lipinski definition) is 1. The van der Waals surface area contributed by atoms with Crippen LogP contribution in [0.4, 0.5) is 0 Å². The summed E-state index contributed by atoms with van der Waals surface area (Å²) in [6.07, 6.45) is 2.07. The standard InChI is InChI=1S/C12H18BrNO/c1-3-5-11(14)10-8-9(13)6-7-12(10)15-4-2/h6-8,11H,3-5,14H2,1-2H3/t11-/m1/s1. The van der Waals surface area contributed by atoms with Crippen LogP contribution in [-0.4, -0.2) is 6.61 Å². The van der Waals surface area contributed by atoms with E-state index in [9.17, 15) is 0 Å². The number of halogens is 1. The van der Waals surface area contributed by atoms with Gasteiger partial charge in [-0.1, -0.05) is 29.3 Å². The highest BCUT2D eigenvalue weighted by Crippen LogP contribution is 2.29. The molecular formula is C12H18BrNO. The predicted octanol–water partition coefficient (Wildman–Crippen LogP) is 3.65. The monoisotopic (exact) mass is 271 g/mol. The van der Waals surface area contributed by atoms with Gasteiger partial charge in [0.1, 0.15) is 5.75 Å². The maximum absolute atomic E-state index is 6.10. The van der Waals surface area contributed by atoms with Crippen LogP contribution in [0.2, 0.25) is 0 Å². The Morgan fingerprint density at radius 2 is 2.13 bits per heavy atom. The molecule has 2 N–H and O–H groups in total.